The number of thioether (sulfide) groups is 1. The van der Waals surface area contributed by atoms with Crippen molar-refractivity contribution in [2.24, 2.45) is 5.73 Å². The van der Waals surface area contributed by atoms with Crippen molar-refractivity contribution < 1.29 is 9.63 Å². The predicted molar refractivity (Wildman–Crippen MR) is 64.0 cm³/mol. The molecule has 0 fully saturated rings. The number of aromatic nitrogens is 2. The number of nitrogens with two attached hydrogens (primary N) is 1. The highest BCUT2D eigenvalue weighted by Gasteiger charge is 2.15. The molecule has 1 aromatic rings. The van der Waals surface area contributed by atoms with Crippen LogP contribution < -0.4 is 5.73 Å². The molecule has 0 amide bonds. The van der Waals surface area contributed by atoms with Crippen molar-refractivity contribution in [3.05, 3.63) is 11.7 Å². The summed E-state index contributed by atoms with van der Waals surface area (Å²) in [7, 11) is 0. The Kier molecular flexibility index (Phi) is 5.79. The van der Waals surface area contributed by atoms with Crippen LogP contribution in [0.15, 0.2) is 4.52 Å². The second-order valence-corrected chi connectivity index (χ2v) is 5.10. The van der Waals surface area contributed by atoms with E-state index in [1.807, 2.05) is 0 Å². The Balaban J connectivity index is 2.45. The Morgan fingerprint density at radius 1 is 1.56 bits per heavy atom. The maximum Gasteiger partial charge on any atom is 0.255 e. The molecule has 0 aromatic carbocycles. The molecule has 5 nitrogen and oxygen atoms in total. The van der Waals surface area contributed by atoms with E-state index in [1.54, 1.807) is 11.8 Å². The highest BCUT2D eigenvalue weighted by Crippen LogP contribution is 2.20. The topological polar surface area (TPSA) is 85.2 Å². The molecule has 0 spiro atoms. The molecule has 6 heteroatoms. The van der Waals surface area contributed by atoms with Crippen LogP contribution in [0.1, 0.15) is 44.5 Å². The van der Waals surface area contributed by atoms with Gasteiger partial charge in [0.2, 0.25) is 0 Å². The minimum Gasteiger partial charge on any atom is -0.383 e. The number of rotatable bonds is 7. The first-order chi connectivity index (χ1) is 7.67. The van der Waals surface area contributed by atoms with Crippen molar-refractivity contribution in [1.29, 1.82) is 0 Å². The minimum atomic E-state index is -0.736. The smallest absolute Gasteiger partial charge is 0.255 e. The molecular weight excluding hydrogens is 226 g/mol. The van der Waals surface area contributed by atoms with Gasteiger partial charge in [-0.3, -0.25) is 0 Å². The first kappa shape index (κ1) is 13.5. The quantitative estimate of drug-likeness (QED) is 0.757. The lowest BCUT2D eigenvalue weighted by molar-refractivity contribution is 0.127. The highest BCUT2D eigenvalue weighted by atomic mass is 32.2. The van der Waals surface area contributed by atoms with Gasteiger partial charge in [0, 0.05) is 5.25 Å². The zero-order chi connectivity index (χ0) is 12.0. The second-order valence-electron chi connectivity index (χ2n) is 3.67. The van der Waals surface area contributed by atoms with Crippen LogP contribution in [0.25, 0.3) is 0 Å². The van der Waals surface area contributed by atoms with Gasteiger partial charge in [-0.15, -0.1) is 0 Å². The van der Waals surface area contributed by atoms with E-state index in [-0.39, 0.29) is 5.89 Å². The summed E-state index contributed by atoms with van der Waals surface area (Å²) >= 11 is 1.78. The molecule has 1 aromatic heterocycles. The lowest BCUT2D eigenvalue weighted by atomic mass is 10.2. The maximum absolute atomic E-state index is 9.57. The molecule has 0 aliphatic carbocycles. The Hall–Kier alpha value is -0.590. The molecule has 92 valence electrons. The third-order valence-electron chi connectivity index (χ3n) is 2.28. The zero-order valence-electron chi connectivity index (χ0n) is 9.72. The van der Waals surface area contributed by atoms with Gasteiger partial charge < -0.3 is 15.4 Å². The molecule has 1 unspecified atom stereocenters. The Morgan fingerprint density at radius 2 is 2.31 bits per heavy atom. The highest BCUT2D eigenvalue weighted by molar-refractivity contribution is 7.99. The summed E-state index contributed by atoms with van der Waals surface area (Å²) in [5.41, 5.74) is 5.34. The van der Waals surface area contributed by atoms with E-state index in [0.29, 0.717) is 29.8 Å². The van der Waals surface area contributed by atoms with Gasteiger partial charge in [0.25, 0.3) is 5.89 Å². The van der Waals surface area contributed by atoms with Gasteiger partial charge in [-0.1, -0.05) is 19.0 Å². The molecule has 1 rings (SSSR count). The first-order valence-corrected chi connectivity index (χ1v) is 6.54. The van der Waals surface area contributed by atoms with Crippen molar-refractivity contribution in [3.8, 4) is 0 Å². The van der Waals surface area contributed by atoms with Gasteiger partial charge in [0.05, 0.1) is 5.75 Å². The first-order valence-electron chi connectivity index (χ1n) is 5.49. The van der Waals surface area contributed by atoms with Crippen molar-refractivity contribution in [1.82, 2.24) is 10.1 Å². The fraction of sp³-hybridized carbons (Fsp3) is 0.800. The minimum absolute atomic E-state index is 0.269. The summed E-state index contributed by atoms with van der Waals surface area (Å²) in [6.45, 7) is 4.71. The normalized spacial score (nSPS) is 15.0. The molecular formula is C10H19N3O2S. The fourth-order valence-corrected chi connectivity index (χ4v) is 1.86. The number of hydrogen-bond acceptors (Lipinski definition) is 6. The van der Waals surface area contributed by atoms with Crippen LogP contribution in [0.2, 0.25) is 0 Å². The van der Waals surface area contributed by atoms with Crippen molar-refractivity contribution in [2.45, 2.75) is 43.8 Å². The largest absolute Gasteiger partial charge is 0.383 e. The monoisotopic (exact) mass is 245 g/mol. The van der Waals surface area contributed by atoms with Crippen LogP contribution in [0.4, 0.5) is 0 Å². The van der Waals surface area contributed by atoms with Crippen molar-refractivity contribution in [3.63, 3.8) is 0 Å². The standard InChI is InChI=1S/C10H19N3O2S/c1-3-7(2)16-6-9-12-10(15-13-9)8(14)4-5-11/h7-8,14H,3-6,11H2,1-2H3/t7?,8-/m0/s1. The average Bonchev–Trinajstić information content (AvgIpc) is 2.75. The molecule has 0 aliphatic rings. The fourth-order valence-electron chi connectivity index (χ4n) is 1.08. The van der Waals surface area contributed by atoms with E-state index >= 15 is 0 Å². The van der Waals surface area contributed by atoms with Crippen molar-refractivity contribution >= 4 is 11.8 Å². The third-order valence-corrected chi connectivity index (χ3v) is 3.61. The molecule has 2 atom stereocenters. The van der Waals surface area contributed by atoms with Gasteiger partial charge in [0.15, 0.2) is 5.82 Å². The summed E-state index contributed by atoms with van der Waals surface area (Å²) in [5, 5.41) is 14.0. The summed E-state index contributed by atoms with van der Waals surface area (Å²) in [6.07, 6.45) is 0.825. The lowest BCUT2D eigenvalue weighted by Crippen LogP contribution is -2.07. The van der Waals surface area contributed by atoms with Crippen LogP contribution in [-0.4, -0.2) is 27.0 Å². The number of hydrogen-bond donors (Lipinski definition) is 2. The van der Waals surface area contributed by atoms with Crippen LogP contribution in [0.3, 0.4) is 0 Å². The molecule has 1 heterocycles. The van der Waals surface area contributed by atoms with Crippen LogP contribution >= 0.6 is 11.8 Å². The van der Waals surface area contributed by atoms with E-state index in [4.69, 9.17) is 10.3 Å². The zero-order valence-corrected chi connectivity index (χ0v) is 10.5. The number of nitrogens with zero attached hydrogens (tertiary/aromatic N) is 2. The van der Waals surface area contributed by atoms with Gasteiger partial charge in [0.1, 0.15) is 6.10 Å². The molecule has 3 N–H and O–H groups in total. The Morgan fingerprint density at radius 3 is 2.94 bits per heavy atom. The summed E-state index contributed by atoms with van der Waals surface area (Å²) in [6, 6.07) is 0. The lowest BCUT2D eigenvalue weighted by Gasteiger charge is -2.04. The van der Waals surface area contributed by atoms with E-state index in [2.05, 4.69) is 24.0 Å². The van der Waals surface area contributed by atoms with Gasteiger partial charge in [-0.05, 0) is 19.4 Å². The van der Waals surface area contributed by atoms with Gasteiger partial charge >= 0.3 is 0 Å². The summed E-state index contributed by atoms with van der Waals surface area (Å²) in [4.78, 5) is 4.13. The predicted octanol–water partition coefficient (Wildman–Crippen LogP) is 1.48. The molecule has 0 saturated heterocycles. The number of aliphatic hydroxyl groups is 1. The summed E-state index contributed by atoms with van der Waals surface area (Å²) in [5.74, 6) is 1.62. The van der Waals surface area contributed by atoms with E-state index < -0.39 is 6.10 Å². The van der Waals surface area contributed by atoms with Crippen LogP contribution in [0.5, 0.6) is 0 Å². The van der Waals surface area contributed by atoms with Crippen LogP contribution in [-0.2, 0) is 5.75 Å². The van der Waals surface area contributed by atoms with E-state index in [9.17, 15) is 5.11 Å². The Bertz CT molecular complexity index is 306. The van der Waals surface area contributed by atoms with Crippen LogP contribution in [0, 0.1) is 0 Å². The van der Waals surface area contributed by atoms with E-state index in [0.717, 1.165) is 6.42 Å². The third kappa shape index (κ3) is 4.11. The second kappa shape index (κ2) is 6.88. The molecule has 0 bridgehead atoms. The van der Waals surface area contributed by atoms with E-state index in [1.165, 1.54) is 0 Å². The Labute approximate surface area is 99.8 Å². The molecule has 0 aliphatic heterocycles. The van der Waals surface area contributed by atoms with Gasteiger partial charge in [-0.2, -0.15) is 16.7 Å². The maximum atomic E-state index is 9.57. The van der Waals surface area contributed by atoms with Gasteiger partial charge in [-0.25, -0.2) is 0 Å². The number of aliphatic hydroxyl groups excluding tert-OH is 1. The molecule has 0 saturated carbocycles. The molecule has 16 heavy (non-hydrogen) atoms. The summed E-state index contributed by atoms with van der Waals surface area (Å²) < 4.78 is 4.96. The SMILES string of the molecule is CCC(C)SCc1noc([C@@H](O)CCN)n1. The average molecular weight is 245 g/mol. The molecule has 0 radical (unpaired) electrons. The van der Waals surface area contributed by atoms with Crippen molar-refractivity contribution in [2.75, 3.05) is 6.54 Å².